The number of aromatic amines is 1. The fraction of sp³-hybridized carbons (Fsp3) is 0.267. The molecule has 7 nitrogen and oxygen atoms in total. The third-order valence-electron chi connectivity index (χ3n) is 6.87. The topological polar surface area (TPSA) is 87.7 Å². The normalized spacial score (nSPS) is 14.6. The number of benzene rings is 3. The molecule has 0 saturated heterocycles. The van der Waals surface area contributed by atoms with Crippen LogP contribution in [0.15, 0.2) is 60.7 Å². The van der Waals surface area contributed by atoms with E-state index in [9.17, 15) is 9.90 Å². The Morgan fingerprint density at radius 1 is 1.08 bits per heavy atom. The number of nitrogens with one attached hydrogen (secondary N) is 1. The minimum Gasteiger partial charge on any atom is -0.507 e. The SMILES string of the molecule is CCCOc1ccc(C2c3c(-c4cc(Cl)c(C)cc4O)n[nH]c3C(=O)N2CCc2ccc(OC)cc2)cc1. The number of fused-ring (bicyclic) bond motifs is 1. The molecule has 1 unspecified atom stereocenters. The van der Waals surface area contributed by atoms with Crippen molar-refractivity contribution in [3.05, 3.63) is 93.6 Å². The van der Waals surface area contributed by atoms with E-state index in [2.05, 4.69) is 17.1 Å². The first-order valence-electron chi connectivity index (χ1n) is 12.7. The summed E-state index contributed by atoms with van der Waals surface area (Å²) < 4.78 is 11.0. The van der Waals surface area contributed by atoms with Gasteiger partial charge in [0.25, 0.3) is 5.91 Å². The van der Waals surface area contributed by atoms with Crippen molar-refractivity contribution < 1.29 is 19.4 Å². The van der Waals surface area contributed by atoms with Gasteiger partial charge in [0.05, 0.1) is 19.8 Å². The van der Waals surface area contributed by atoms with E-state index in [1.54, 1.807) is 19.2 Å². The summed E-state index contributed by atoms with van der Waals surface area (Å²) in [7, 11) is 1.64. The van der Waals surface area contributed by atoms with Crippen LogP contribution in [0, 0.1) is 6.92 Å². The number of amides is 1. The summed E-state index contributed by atoms with van der Waals surface area (Å²) >= 11 is 6.41. The number of hydrogen-bond acceptors (Lipinski definition) is 5. The van der Waals surface area contributed by atoms with Crippen LogP contribution in [0.2, 0.25) is 5.02 Å². The first-order chi connectivity index (χ1) is 18.4. The quantitative estimate of drug-likeness (QED) is 0.263. The van der Waals surface area contributed by atoms with Crippen molar-refractivity contribution in [2.45, 2.75) is 32.7 Å². The summed E-state index contributed by atoms with van der Waals surface area (Å²) in [4.78, 5) is 15.5. The molecule has 1 atom stereocenters. The lowest BCUT2D eigenvalue weighted by Gasteiger charge is -2.27. The summed E-state index contributed by atoms with van der Waals surface area (Å²) in [5, 5.41) is 18.7. The lowest BCUT2D eigenvalue weighted by atomic mass is 9.95. The molecule has 196 valence electrons. The van der Waals surface area contributed by atoms with Crippen molar-refractivity contribution >= 4 is 17.5 Å². The highest BCUT2D eigenvalue weighted by Crippen LogP contribution is 2.45. The van der Waals surface area contributed by atoms with E-state index >= 15 is 0 Å². The maximum Gasteiger partial charge on any atom is 0.273 e. The highest BCUT2D eigenvalue weighted by Gasteiger charge is 2.42. The zero-order valence-corrected chi connectivity index (χ0v) is 22.4. The van der Waals surface area contributed by atoms with E-state index in [0.29, 0.717) is 41.5 Å². The number of rotatable bonds is 9. The van der Waals surface area contributed by atoms with Gasteiger partial charge in [-0.05, 0) is 72.9 Å². The fourth-order valence-corrected chi connectivity index (χ4v) is 5.01. The number of carbonyl (C=O) groups excluding carboxylic acids is 1. The van der Waals surface area contributed by atoms with Crippen LogP contribution in [0.1, 0.15) is 52.1 Å². The van der Waals surface area contributed by atoms with Crippen molar-refractivity contribution in [2.75, 3.05) is 20.3 Å². The van der Waals surface area contributed by atoms with Gasteiger partial charge in [-0.3, -0.25) is 9.89 Å². The van der Waals surface area contributed by atoms with Gasteiger partial charge >= 0.3 is 0 Å². The Hall–Kier alpha value is -3.97. The average Bonchev–Trinajstić information content (AvgIpc) is 3.47. The molecule has 3 aromatic carbocycles. The van der Waals surface area contributed by atoms with Crippen molar-refractivity contribution in [2.24, 2.45) is 0 Å². The molecule has 1 amide bonds. The van der Waals surface area contributed by atoms with E-state index < -0.39 is 6.04 Å². The monoisotopic (exact) mass is 531 g/mol. The second-order valence-corrected chi connectivity index (χ2v) is 9.80. The van der Waals surface area contributed by atoms with Gasteiger partial charge in [0.2, 0.25) is 0 Å². The Morgan fingerprint density at radius 3 is 2.47 bits per heavy atom. The molecule has 0 fully saturated rings. The molecule has 0 saturated carbocycles. The van der Waals surface area contributed by atoms with Crippen molar-refractivity contribution in [1.29, 1.82) is 0 Å². The molecule has 1 aliphatic heterocycles. The average molecular weight is 532 g/mol. The van der Waals surface area contributed by atoms with Gasteiger partial charge in [-0.1, -0.05) is 42.8 Å². The molecule has 1 aliphatic rings. The van der Waals surface area contributed by atoms with Crippen LogP contribution in [0.5, 0.6) is 17.2 Å². The number of hydrogen-bond donors (Lipinski definition) is 2. The summed E-state index contributed by atoms with van der Waals surface area (Å²) in [6.07, 6.45) is 1.58. The number of phenolic OH excluding ortho intramolecular Hbond substituents is 1. The summed E-state index contributed by atoms with van der Waals surface area (Å²) in [6.45, 7) is 5.02. The molecule has 5 rings (SSSR count). The summed E-state index contributed by atoms with van der Waals surface area (Å²) in [5.74, 6) is 1.49. The zero-order valence-electron chi connectivity index (χ0n) is 21.6. The van der Waals surface area contributed by atoms with Crippen LogP contribution in [-0.2, 0) is 6.42 Å². The van der Waals surface area contributed by atoms with Gasteiger partial charge < -0.3 is 19.5 Å². The number of aromatic nitrogens is 2. The van der Waals surface area contributed by atoms with Crippen LogP contribution in [0.4, 0.5) is 0 Å². The van der Waals surface area contributed by atoms with Crippen molar-refractivity contribution in [3.63, 3.8) is 0 Å². The van der Waals surface area contributed by atoms with Crippen LogP contribution >= 0.6 is 11.6 Å². The maximum atomic E-state index is 13.7. The lowest BCUT2D eigenvalue weighted by molar-refractivity contribution is 0.0746. The number of methoxy groups -OCH3 is 1. The van der Waals surface area contributed by atoms with E-state index in [-0.39, 0.29) is 11.7 Å². The highest BCUT2D eigenvalue weighted by molar-refractivity contribution is 6.31. The van der Waals surface area contributed by atoms with E-state index in [4.69, 9.17) is 21.1 Å². The highest BCUT2D eigenvalue weighted by atomic mass is 35.5. The molecule has 4 aromatic rings. The predicted octanol–water partition coefficient (Wildman–Crippen LogP) is 6.33. The lowest BCUT2D eigenvalue weighted by Crippen LogP contribution is -2.31. The molecule has 38 heavy (non-hydrogen) atoms. The largest absolute Gasteiger partial charge is 0.507 e. The molecular weight excluding hydrogens is 502 g/mol. The van der Waals surface area contributed by atoms with E-state index in [1.165, 1.54) is 0 Å². The third-order valence-corrected chi connectivity index (χ3v) is 7.27. The molecule has 1 aromatic heterocycles. The number of aryl methyl sites for hydroxylation is 1. The number of halogens is 1. The number of carbonyl (C=O) groups is 1. The molecule has 8 heteroatoms. The number of phenols is 1. The second-order valence-electron chi connectivity index (χ2n) is 9.40. The second kappa shape index (κ2) is 10.8. The molecule has 0 radical (unpaired) electrons. The number of aromatic hydroxyl groups is 1. The van der Waals surface area contributed by atoms with E-state index in [0.717, 1.165) is 40.2 Å². The summed E-state index contributed by atoms with van der Waals surface area (Å²) in [6, 6.07) is 18.6. The molecular formula is C30H30ClN3O4. The zero-order chi connectivity index (χ0) is 26.8. The Labute approximate surface area is 227 Å². The smallest absolute Gasteiger partial charge is 0.273 e. The standard InChI is InChI=1S/C30H30ClN3O4/c1-4-15-38-22-11-7-20(8-12-22)29-26-27(23-17-24(31)18(2)16-25(23)35)32-33-28(26)30(36)34(29)14-13-19-5-9-21(37-3)10-6-19/h5-12,16-17,29,35H,4,13-15H2,1-3H3,(H,32,33). The Bertz CT molecular complexity index is 1450. The van der Waals surface area contributed by atoms with Gasteiger partial charge in [0.1, 0.15) is 28.6 Å². The van der Waals surface area contributed by atoms with E-state index in [1.807, 2.05) is 60.4 Å². The van der Waals surface area contributed by atoms with Gasteiger partial charge in [-0.15, -0.1) is 0 Å². The van der Waals surface area contributed by atoms with Gasteiger partial charge in [-0.25, -0.2) is 0 Å². The van der Waals surface area contributed by atoms with Crippen molar-refractivity contribution in [3.8, 4) is 28.5 Å². The number of ether oxygens (including phenoxy) is 2. The molecule has 0 bridgehead atoms. The van der Waals surface area contributed by atoms with Crippen molar-refractivity contribution in [1.82, 2.24) is 15.1 Å². The minimum atomic E-state index is -0.399. The minimum absolute atomic E-state index is 0.0624. The molecule has 2 heterocycles. The maximum absolute atomic E-state index is 13.7. The van der Waals surface area contributed by atoms with Crippen LogP contribution < -0.4 is 9.47 Å². The predicted molar refractivity (Wildman–Crippen MR) is 147 cm³/mol. The number of nitrogens with zero attached hydrogens (tertiary/aromatic N) is 2. The Morgan fingerprint density at radius 2 is 1.79 bits per heavy atom. The first-order valence-corrected chi connectivity index (χ1v) is 13.0. The third kappa shape index (κ3) is 4.82. The Balaban J connectivity index is 1.54. The first kappa shape index (κ1) is 25.7. The summed E-state index contributed by atoms with van der Waals surface area (Å²) in [5.41, 5.74) is 4.92. The molecule has 2 N–H and O–H groups in total. The van der Waals surface area contributed by atoms with Gasteiger partial charge in [-0.2, -0.15) is 5.10 Å². The van der Waals surface area contributed by atoms with Crippen LogP contribution in [-0.4, -0.2) is 46.4 Å². The molecule has 0 spiro atoms. The van der Waals surface area contributed by atoms with Crippen LogP contribution in [0.25, 0.3) is 11.3 Å². The van der Waals surface area contributed by atoms with Crippen LogP contribution in [0.3, 0.4) is 0 Å². The van der Waals surface area contributed by atoms with Gasteiger partial charge in [0, 0.05) is 22.7 Å². The van der Waals surface area contributed by atoms with Gasteiger partial charge in [0.15, 0.2) is 0 Å². The number of H-pyrrole nitrogens is 1. The fourth-order valence-electron chi connectivity index (χ4n) is 4.84. The Kier molecular flexibility index (Phi) is 7.29. The molecule has 0 aliphatic carbocycles.